The van der Waals surface area contributed by atoms with E-state index >= 15 is 0 Å². The average Bonchev–Trinajstić information content (AvgIpc) is 2.27. The number of fused-ring (bicyclic) bond motifs is 1. The van der Waals surface area contributed by atoms with Crippen molar-refractivity contribution in [2.45, 2.75) is 6.17 Å². The minimum absolute atomic E-state index is 0.371. The molecule has 1 unspecified atom stereocenters. The van der Waals surface area contributed by atoms with Crippen LogP contribution in [0.15, 0.2) is 15.0 Å². The Morgan fingerprint density at radius 2 is 2.36 bits per heavy atom. The van der Waals surface area contributed by atoms with E-state index in [0.717, 1.165) is 0 Å². The number of carbonyl (C=O) groups is 1. The van der Waals surface area contributed by atoms with Crippen molar-refractivity contribution in [3.8, 4) is 0 Å². The molecule has 2 amide bonds. The number of hydrogen-bond acceptors (Lipinski definition) is 3. The van der Waals surface area contributed by atoms with Gasteiger partial charge in [0.15, 0.2) is 12.0 Å². The van der Waals surface area contributed by atoms with E-state index < -0.39 is 0 Å². The summed E-state index contributed by atoms with van der Waals surface area (Å²) in [5.74, 6) is 0.421. The molecule has 0 radical (unpaired) electrons. The summed E-state index contributed by atoms with van der Waals surface area (Å²) in [6, 6.07) is -0.381. The van der Waals surface area contributed by atoms with Gasteiger partial charge in [0, 0.05) is 0 Å². The van der Waals surface area contributed by atoms with Gasteiger partial charge in [-0.05, 0) is 15.9 Å². The molecule has 1 N–H and O–H groups in total. The summed E-state index contributed by atoms with van der Waals surface area (Å²) in [7, 11) is 0. The van der Waals surface area contributed by atoms with Gasteiger partial charge in [-0.2, -0.15) is 4.99 Å². The van der Waals surface area contributed by atoms with E-state index in [9.17, 15) is 4.79 Å². The van der Waals surface area contributed by atoms with Crippen molar-refractivity contribution in [1.82, 2.24) is 5.32 Å². The monoisotopic (exact) mass is 214 g/mol. The number of rotatable bonds is 0. The van der Waals surface area contributed by atoms with Crippen LogP contribution in [0, 0.1) is 0 Å². The molecule has 0 fully saturated rings. The van der Waals surface area contributed by atoms with Crippen molar-refractivity contribution in [2.24, 2.45) is 15.0 Å². The Balaban J connectivity index is 2.38. The molecular formula is C5H3BrN4O. The van der Waals surface area contributed by atoms with Crippen LogP contribution in [-0.4, -0.2) is 28.9 Å². The van der Waals surface area contributed by atoms with Gasteiger partial charge in [-0.1, -0.05) is 0 Å². The van der Waals surface area contributed by atoms with E-state index in [2.05, 4.69) is 36.2 Å². The average molecular weight is 215 g/mol. The summed E-state index contributed by atoms with van der Waals surface area (Å²) in [4.78, 5) is 22.2. The molecule has 11 heavy (non-hydrogen) atoms. The number of nitrogens with one attached hydrogen (secondary N) is 1. The smallest absolute Gasteiger partial charge is 0.308 e. The second-order valence-electron chi connectivity index (χ2n) is 2.03. The molecule has 2 heterocycles. The second-order valence-corrected chi connectivity index (χ2v) is 2.85. The molecule has 0 aromatic heterocycles. The SMILES string of the molecule is O=C1N=C2N=C(Br)C=NC2N1. The van der Waals surface area contributed by atoms with Crippen molar-refractivity contribution in [1.29, 1.82) is 0 Å². The lowest BCUT2D eigenvalue weighted by Crippen LogP contribution is -2.31. The van der Waals surface area contributed by atoms with E-state index in [1.165, 1.54) is 6.21 Å². The highest BCUT2D eigenvalue weighted by Gasteiger charge is 2.26. The lowest BCUT2D eigenvalue weighted by molar-refractivity contribution is 0.250. The lowest BCUT2D eigenvalue weighted by atomic mass is 10.4. The molecule has 6 heteroatoms. The van der Waals surface area contributed by atoms with Gasteiger partial charge in [0.25, 0.3) is 0 Å². The van der Waals surface area contributed by atoms with Crippen molar-refractivity contribution < 1.29 is 4.79 Å². The van der Waals surface area contributed by atoms with Crippen molar-refractivity contribution in [3.63, 3.8) is 0 Å². The van der Waals surface area contributed by atoms with Crippen LogP contribution in [0.4, 0.5) is 4.79 Å². The third-order valence-electron chi connectivity index (χ3n) is 1.27. The topological polar surface area (TPSA) is 66.2 Å². The second kappa shape index (κ2) is 2.23. The number of urea groups is 1. The molecule has 0 aromatic rings. The number of halogens is 1. The first-order valence-corrected chi connectivity index (χ1v) is 3.71. The van der Waals surface area contributed by atoms with Crippen LogP contribution in [-0.2, 0) is 0 Å². The third kappa shape index (κ3) is 1.09. The van der Waals surface area contributed by atoms with E-state index in [4.69, 9.17) is 0 Å². The molecule has 0 bridgehead atoms. The molecular weight excluding hydrogens is 212 g/mol. The Bertz CT molecular complexity index is 303. The molecule has 0 saturated carbocycles. The standard InChI is InChI=1S/C5H3BrN4O/c6-2-1-7-3-4(8-2)10-5(11)9-3/h1,3H,(H,9,11). The van der Waals surface area contributed by atoms with Crippen LogP contribution in [0.1, 0.15) is 0 Å². The summed E-state index contributed by atoms with van der Waals surface area (Å²) in [5.41, 5.74) is 0. The van der Waals surface area contributed by atoms with Gasteiger partial charge in [0.1, 0.15) is 4.62 Å². The quantitative estimate of drug-likeness (QED) is 0.620. The normalized spacial score (nSPS) is 27.4. The van der Waals surface area contributed by atoms with Gasteiger partial charge in [-0.3, -0.25) is 4.99 Å². The third-order valence-corrected chi connectivity index (χ3v) is 1.65. The fraction of sp³-hybridized carbons (Fsp3) is 0.200. The molecule has 2 aliphatic heterocycles. The Morgan fingerprint density at radius 3 is 3.18 bits per heavy atom. The van der Waals surface area contributed by atoms with E-state index in [-0.39, 0.29) is 12.2 Å². The van der Waals surface area contributed by atoms with Crippen molar-refractivity contribution in [2.75, 3.05) is 0 Å². The van der Waals surface area contributed by atoms with Crippen molar-refractivity contribution in [3.05, 3.63) is 0 Å². The lowest BCUT2D eigenvalue weighted by Gasteiger charge is -2.07. The van der Waals surface area contributed by atoms with Crippen molar-refractivity contribution >= 4 is 38.6 Å². The Hall–Kier alpha value is -1.04. The molecule has 0 aliphatic carbocycles. The fourth-order valence-corrected chi connectivity index (χ4v) is 1.14. The molecule has 5 nitrogen and oxygen atoms in total. The maximum atomic E-state index is 10.7. The number of amidine groups is 1. The Kier molecular flexibility index (Phi) is 1.35. The highest BCUT2D eigenvalue weighted by molar-refractivity contribution is 9.19. The molecule has 0 saturated heterocycles. The Morgan fingerprint density at radius 1 is 1.55 bits per heavy atom. The predicted octanol–water partition coefficient (Wildman–Crippen LogP) is 0.312. The minimum atomic E-state index is -0.381. The number of amides is 2. The molecule has 1 atom stereocenters. The van der Waals surface area contributed by atoms with Crippen LogP contribution in [0.3, 0.4) is 0 Å². The summed E-state index contributed by atoms with van der Waals surface area (Å²) in [5, 5.41) is 2.51. The van der Waals surface area contributed by atoms with Gasteiger partial charge in [-0.25, -0.2) is 9.79 Å². The van der Waals surface area contributed by atoms with Crippen LogP contribution in [0.5, 0.6) is 0 Å². The van der Waals surface area contributed by atoms with Crippen LogP contribution >= 0.6 is 15.9 Å². The summed E-state index contributed by atoms with van der Waals surface area (Å²) >= 11 is 3.13. The first kappa shape index (κ1) is 6.66. The number of aliphatic imine (C=N–C) groups is 3. The summed E-state index contributed by atoms with van der Waals surface area (Å²) in [6.45, 7) is 0. The largest absolute Gasteiger partial charge is 0.344 e. The number of nitrogens with zero attached hydrogens (tertiary/aromatic N) is 3. The van der Waals surface area contributed by atoms with E-state index in [1.807, 2.05) is 0 Å². The highest BCUT2D eigenvalue weighted by atomic mass is 79.9. The van der Waals surface area contributed by atoms with Crippen LogP contribution in [0.25, 0.3) is 0 Å². The van der Waals surface area contributed by atoms with Crippen LogP contribution < -0.4 is 5.32 Å². The molecule has 0 spiro atoms. The summed E-state index contributed by atoms with van der Waals surface area (Å²) in [6.07, 6.45) is 1.17. The molecule has 2 rings (SSSR count). The first-order valence-electron chi connectivity index (χ1n) is 2.92. The Labute approximate surface area is 70.5 Å². The summed E-state index contributed by atoms with van der Waals surface area (Å²) < 4.78 is 0.587. The zero-order valence-electron chi connectivity index (χ0n) is 5.28. The molecule has 2 aliphatic rings. The fourth-order valence-electron chi connectivity index (χ4n) is 0.843. The zero-order chi connectivity index (χ0) is 7.84. The zero-order valence-corrected chi connectivity index (χ0v) is 6.87. The maximum absolute atomic E-state index is 10.7. The molecule has 56 valence electrons. The highest BCUT2D eigenvalue weighted by Crippen LogP contribution is 2.08. The maximum Gasteiger partial charge on any atom is 0.344 e. The predicted molar refractivity (Wildman–Crippen MR) is 44.6 cm³/mol. The number of carbonyl (C=O) groups excluding carboxylic acids is 1. The van der Waals surface area contributed by atoms with Gasteiger partial charge >= 0.3 is 6.03 Å². The van der Waals surface area contributed by atoms with Gasteiger partial charge in [0.05, 0.1) is 6.21 Å². The molecule has 0 aromatic carbocycles. The minimum Gasteiger partial charge on any atom is -0.308 e. The van der Waals surface area contributed by atoms with Gasteiger partial charge < -0.3 is 5.32 Å². The van der Waals surface area contributed by atoms with Gasteiger partial charge in [-0.15, -0.1) is 0 Å². The van der Waals surface area contributed by atoms with E-state index in [1.54, 1.807) is 0 Å². The number of hydrogen-bond donors (Lipinski definition) is 1. The van der Waals surface area contributed by atoms with Crippen LogP contribution in [0.2, 0.25) is 0 Å². The van der Waals surface area contributed by atoms with E-state index in [0.29, 0.717) is 10.5 Å². The van der Waals surface area contributed by atoms with Gasteiger partial charge in [0.2, 0.25) is 0 Å². The first-order chi connectivity index (χ1) is 5.25.